The standard InChI is InChI=1S/C16H11BrClN3O2S/c17-11-3-1-10(2-4-11)15-20-21-16(23-15)19-14(22)9-24-13-7-5-12(18)6-8-13/h1-8H,9H2,(H,19,21,22). The van der Waals surface area contributed by atoms with Gasteiger partial charge in [-0.05, 0) is 48.5 Å². The summed E-state index contributed by atoms with van der Waals surface area (Å²) in [7, 11) is 0. The Labute approximate surface area is 155 Å². The number of halogens is 2. The van der Waals surface area contributed by atoms with Crippen molar-refractivity contribution in [3.8, 4) is 11.5 Å². The fraction of sp³-hybridized carbons (Fsp3) is 0.0625. The van der Waals surface area contributed by atoms with Gasteiger partial charge in [0.1, 0.15) is 0 Å². The number of hydrogen-bond acceptors (Lipinski definition) is 5. The van der Waals surface area contributed by atoms with Gasteiger partial charge < -0.3 is 4.42 Å². The normalized spacial score (nSPS) is 10.6. The third-order valence-electron chi connectivity index (χ3n) is 2.95. The molecule has 122 valence electrons. The highest BCUT2D eigenvalue weighted by Crippen LogP contribution is 2.23. The number of anilines is 1. The summed E-state index contributed by atoms with van der Waals surface area (Å²) >= 11 is 10.6. The Morgan fingerprint density at radius 3 is 2.54 bits per heavy atom. The highest BCUT2D eigenvalue weighted by molar-refractivity contribution is 9.10. The van der Waals surface area contributed by atoms with E-state index in [1.54, 1.807) is 12.1 Å². The van der Waals surface area contributed by atoms with E-state index in [2.05, 4.69) is 31.4 Å². The third kappa shape index (κ3) is 4.59. The maximum Gasteiger partial charge on any atom is 0.322 e. The van der Waals surface area contributed by atoms with Crippen molar-refractivity contribution in [3.63, 3.8) is 0 Å². The lowest BCUT2D eigenvalue weighted by Gasteiger charge is -2.01. The van der Waals surface area contributed by atoms with Crippen molar-refractivity contribution >= 4 is 51.2 Å². The van der Waals surface area contributed by atoms with E-state index in [1.165, 1.54) is 11.8 Å². The Bertz CT molecular complexity index is 837. The molecule has 0 saturated carbocycles. The van der Waals surface area contributed by atoms with Crippen LogP contribution in [-0.4, -0.2) is 21.9 Å². The predicted octanol–water partition coefficient (Wildman–Crippen LogP) is 4.88. The van der Waals surface area contributed by atoms with Crippen LogP contribution in [0.2, 0.25) is 5.02 Å². The molecule has 0 saturated heterocycles. The summed E-state index contributed by atoms with van der Waals surface area (Å²) < 4.78 is 6.41. The van der Waals surface area contributed by atoms with E-state index in [1.807, 2.05) is 36.4 Å². The zero-order chi connectivity index (χ0) is 16.9. The van der Waals surface area contributed by atoms with Gasteiger partial charge in [-0.3, -0.25) is 10.1 Å². The molecule has 1 aromatic heterocycles. The first-order valence-corrected chi connectivity index (χ1v) is 9.03. The number of aromatic nitrogens is 2. The average Bonchev–Trinajstić information content (AvgIpc) is 3.03. The summed E-state index contributed by atoms with van der Waals surface area (Å²) in [5.74, 6) is 0.363. The van der Waals surface area contributed by atoms with Crippen LogP contribution < -0.4 is 5.32 Å². The Balaban J connectivity index is 1.57. The van der Waals surface area contributed by atoms with Gasteiger partial charge in [-0.1, -0.05) is 32.6 Å². The molecular formula is C16H11BrClN3O2S. The van der Waals surface area contributed by atoms with Crippen molar-refractivity contribution in [2.24, 2.45) is 0 Å². The van der Waals surface area contributed by atoms with Gasteiger partial charge in [0.05, 0.1) is 5.75 Å². The van der Waals surface area contributed by atoms with E-state index < -0.39 is 0 Å². The van der Waals surface area contributed by atoms with E-state index in [0.29, 0.717) is 10.9 Å². The van der Waals surface area contributed by atoms with Crippen molar-refractivity contribution in [1.29, 1.82) is 0 Å². The maximum atomic E-state index is 12.0. The van der Waals surface area contributed by atoms with E-state index in [4.69, 9.17) is 16.0 Å². The van der Waals surface area contributed by atoms with Gasteiger partial charge >= 0.3 is 6.01 Å². The molecule has 0 aliphatic carbocycles. The quantitative estimate of drug-likeness (QED) is 0.591. The van der Waals surface area contributed by atoms with E-state index >= 15 is 0 Å². The summed E-state index contributed by atoms with van der Waals surface area (Å²) in [5.41, 5.74) is 0.779. The van der Waals surface area contributed by atoms with E-state index in [0.717, 1.165) is 14.9 Å². The van der Waals surface area contributed by atoms with Crippen molar-refractivity contribution in [1.82, 2.24) is 10.2 Å². The summed E-state index contributed by atoms with van der Waals surface area (Å²) in [6.07, 6.45) is 0. The van der Waals surface area contributed by atoms with Crippen LogP contribution in [0.25, 0.3) is 11.5 Å². The molecular weight excluding hydrogens is 414 g/mol. The molecule has 0 unspecified atom stereocenters. The van der Waals surface area contributed by atoms with Crippen LogP contribution >= 0.6 is 39.3 Å². The number of benzene rings is 2. The first-order valence-electron chi connectivity index (χ1n) is 6.88. The van der Waals surface area contributed by atoms with Gasteiger partial charge in [0.25, 0.3) is 0 Å². The topological polar surface area (TPSA) is 68.0 Å². The molecule has 0 radical (unpaired) electrons. The lowest BCUT2D eigenvalue weighted by Crippen LogP contribution is -2.14. The number of carbonyl (C=O) groups excluding carboxylic acids is 1. The lowest BCUT2D eigenvalue weighted by atomic mass is 10.2. The van der Waals surface area contributed by atoms with E-state index in [-0.39, 0.29) is 17.7 Å². The van der Waals surface area contributed by atoms with Crippen molar-refractivity contribution in [2.75, 3.05) is 11.1 Å². The molecule has 0 spiro atoms. The second-order valence-corrected chi connectivity index (χ2v) is 7.11. The van der Waals surface area contributed by atoms with Gasteiger partial charge in [0.15, 0.2) is 0 Å². The van der Waals surface area contributed by atoms with E-state index in [9.17, 15) is 4.79 Å². The van der Waals surface area contributed by atoms with Crippen LogP contribution in [0.4, 0.5) is 6.01 Å². The van der Waals surface area contributed by atoms with Gasteiger partial charge in [0, 0.05) is 20.0 Å². The Morgan fingerprint density at radius 1 is 1.12 bits per heavy atom. The SMILES string of the molecule is O=C(CSc1ccc(Cl)cc1)Nc1nnc(-c2ccc(Br)cc2)o1. The molecule has 1 N–H and O–H groups in total. The minimum absolute atomic E-state index is 0.0784. The smallest absolute Gasteiger partial charge is 0.322 e. The van der Waals surface area contributed by atoms with Crippen molar-refractivity contribution in [3.05, 3.63) is 58.0 Å². The van der Waals surface area contributed by atoms with Crippen LogP contribution in [0.3, 0.4) is 0 Å². The van der Waals surface area contributed by atoms with Crippen LogP contribution in [-0.2, 0) is 4.79 Å². The number of thioether (sulfide) groups is 1. The first-order chi connectivity index (χ1) is 11.6. The fourth-order valence-corrected chi connectivity index (χ4v) is 2.91. The summed E-state index contributed by atoms with van der Waals surface area (Å²) in [6, 6.07) is 14.8. The molecule has 24 heavy (non-hydrogen) atoms. The third-order valence-corrected chi connectivity index (χ3v) is 4.74. The van der Waals surface area contributed by atoms with Crippen molar-refractivity contribution in [2.45, 2.75) is 4.90 Å². The highest BCUT2D eigenvalue weighted by Gasteiger charge is 2.11. The zero-order valence-corrected chi connectivity index (χ0v) is 15.4. The van der Waals surface area contributed by atoms with Gasteiger partial charge in [0.2, 0.25) is 11.8 Å². The van der Waals surface area contributed by atoms with Gasteiger partial charge in [-0.25, -0.2) is 0 Å². The number of nitrogens with zero attached hydrogens (tertiary/aromatic N) is 2. The number of nitrogens with one attached hydrogen (secondary N) is 1. The lowest BCUT2D eigenvalue weighted by molar-refractivity contribution is -0.113. The number of carbonyl (C=O) groups is 1. The van der Waals surface area contributed by atoms with Gasteiger partial charge in [-0.15, -0.1) is 16.9 Å². The predicted molar refractivity (Wildman–Crippen MR) is 98.2 cm³/mol. The first kappa shape index (κ1) is 17.0. The van der Waals surface area contributed by atoms with Crippen molar-refractivity contribution < 1.29 is 9.21 Å². The summed E-state index contributed by atoms with van der Waals surface area (Å²) in [6.45, 7) is 0. The van der Waals surface area contributed by atoms with Gasteiger partial charge in [-0.2, -0.15) is 0 Å². The second-order valence-electron chi connectivity index (χ2n) is 4.71. The summed E-state index contributed by atoms with van der Waals surface area (Å²) in [5, 5.41) is 11.0. The molecule has 5 nitrogen and oxygen atoms in total. The number of hydrogen-bond donors (Lipinski definition) is 1. The average molecular weight is 425 g/mol. The number of amides is 1. The molecule has 3 rings (SSSR count). The molecule has 0 fully saturated rings. The molecule has 2 aromatic carbocycles. The minimum Gasteiger partial charge on any atom is -0.403 e. The van der Waals surface area contributed by atoms with Crippen LogP contribution in [0.15, 0.2) is 62.3 Å². The van der Waals surface area contributed by atoms with Crippen LogP contribution in [0.5, 0.6) is 0 Å². The largest absolute Gasteiger partial charge is 0.403 e. The molecule has 1 heterocycles. The molecule has 8 heteroatoms. The Hall–Kier alpha value is -1.83. The monoisotopic (exact) mass is 423 g/mol. The van der Waals surface area contributed by atoms with Crippen LogP contribution in [0.1, 0.15) is 0 Å². The Kier molecular flexibility index (Phi) is 5.55. The number of rotatable bonds is 5. The Morgan fingerprint density at radius 2 is 1.83 bits per heavy atom. The molecule has 0 bridgehead atoms. The molecule has 1 amide bonds. The molecule has 3 aromatic rings. The highest BCUT2D eigenvalue weighted by atomic mass is 79.9. The minimum atomic E-state index is -0.221. The summed E-state index contributed by atoms with van der Waals surface area (Å²) in [4.78, 5) is 12.9. The second kappa shape index (κ2) is 7.83. The fourth-order valence-electron chi connectivity index (χ4n) is 1.82. The van der Waals surface area contributed by atoms with Crippen LogP contribution in [0, 0.1) is 0 Å². The molecule has 0 atom stereocenters. The zero-order valence-electron chi connectivity index (χ0n) is 12.2. The molecule has 0 aliphatic heterocycles. The maximum absolute atomic E-state index is 12.0. The molecule has 0 aliphatic rings.